The lowest BCUT2D eigenvalue weighted by molar-refractivity contribution is -0.141. The molecule has 7 amide bonds. The molecule has 0 bridgehead atoms. The van der Waals surface area contributed by atoms with Crippen LogP contribution in [0.1, 0.15) is 66.9 Å². The Balaban J connectivity index is 1.59. The fourth-order valence-electron chi connectivity index (χ4n) is 6.80. The van der Waals surface area contributed by atoms with E-state index in [-0.39, 0.29) is 83.0 Å². The highest BCUT2D eigenvalue weighted by Crippen LogP contribution is 2.17. The van der Waals surface area contributed by atoms with Gasteiger partial charge in [0.15, 0.2) is 0 Å². The molecule has 24 heteroatoms. The van der Waals surface area contributed by atoms with E-state index in [0.717, 1.165) is 10.8 Å². The molecule has 0 unspecified atom stereocenters. The van der Waals surface area contributed by atoms with E-state index in [0.29, 0.717) is 30.9 Å². The lowest BCUT2D eigenvalue weighted by Gasteiger charge is -2.21. The van der Waals surface area contributed by atoms with Crippen LogP contribution in [0, 0.1) is 0 Å². The molecule has 0 saturated carbocycles. The smallest absolute Gasteiger partial charge is 0.335 e. The molecule has 392 valence electrons. The van der Waals surface area contributed by atoms with Gasteiger partial charge in [0.25, 0.3) is 0 Å². The summed E-state index contributed by atoms with van der Waals surface area (Å²) in [5.74, 6) is -8.19. The quantitative estimate of drug-likeness (QED) is 0.0354. The summed E-state index contributed by atoms with van der Waals surface area (Å²) in [4.78, 5) is 123. The summed E-state index contributed by atoms with van der Waals surface area (Å²) in [5.41, 5.74) is 1.20. The van der Waals surface area contributed by atoms with Crippen LogP contribution in [-0.2, 0) is 65.4 Å². The standard InChI is InChI=1S/C48H63N7O17/c1-30(56)49-19-21-71-23-25-72-24-22-70-20-17-40(57)52-38(27-31-9-13-34(14-10-31)45(63)64)44(62)51-29-41(58)53-39(28-32-11-12-33-6-2-3-7-35(33)26-32)43(61)50-18-5-4-8-36(46(65)66)54-48(69)55-37(47(67)68)15-16-42(59)60/h2-3,6-7,9-14,26,36-39H,4-5,8,15-25,27-29H2,1H3,(H,49,56)(H,50,61)(H,51,62)(H,52,57)(H,53,58)(H,59,60)(H,63,64)(H,65,66)(H,67,68)(H2,54,55,69)/t36-,37-,38-,39-/m0/s1. The predicted octanol–water partition coefficient (Wildman–Crippen LogP) is 0.342. The third kappa shape index (κ3) is 23.7. The maximum Gasteiger partial charge on any atom is 0.335 e. The van der Waals surface area contributed by atoms with E-state index in [1.54, 1.807) is 6.07 Å². The summed E-state index contributed by atoms with van der Waals surface area (Å²) in [7, 11) is 0. The van der Waals surface area contributed by atoms with Gasteiger partial charge >= 0.3 is 29.9 Å². The van der Waals surface area contributed by atoms with E-state index in [9.17, 15) is 63.3 Å². The largest absolute Gasteiger partial charge is 0.481 e. The molecule has 3 aromatic carbocycles. The molecule has 3 aromatic rings. The van der Waals surface area contributed by atoms with Gasteiger partial charge in [0.2, 0.25) is 29.5 Å². The number of unbranched alkanes of at least 4 members (excludes halogenated alkanes) is 1. The highest BCUT2D eigenvalue weighted by atomic mass is 16.5. The SMILES string of the molecule is CC(=O)NCCOCCOCCOCCC(=O)N[C@@H](Cc1ccc(C(=O)O)cc1)C(=O)NCC(=O)N[C@@H](Cc1ccc2ccccc2c1)C(=O)NCCCC[C@H](NC(=O)N[C@@H](CCC(=O)O)C(=O)O)C(=O)O. The van der Waals surface area contributed by atoms with Gasteiger partial charge in [0.05, 0.1) is 51.7 Å². The van der Waals surface area contributed by atoms with Crippen molar-refractivity contribution in [3.63, 3.8) is 0 Å². The van der Waals surface area contributed by atoms with Crippen molar-refractivity contribution in [1.82, 2.24) is 37.2 Å². The molecule has 0 aromatic heterocycles. The molecule has 3 rings (SSSR count). The number of hydrogen-bond acceptors (Lipinski definition) is 13. The molecule has 0 aliphatic carbocycles. The van der Waals surface area contributed by atoms with Crippen LogP contribution in [0.15, 0.2) is 66.7 Å². The number of aromatic carboxylic acids is 1. The highest BCUT2D eigenvalue weighted by Gasteiger charge is 2.27. The van der Waals surface area contributed by atoms with Crippen molar-refractivity contribution in [2.24, 2.45) is 0 Å². The van der Waals surface area contributed by atoms with E-state index in [2.05, 4.69) is 37.2 Å². The van der Waals surface area contributed by atoms with Crippen LogP contribution in [0.5, 0.6) is 0 Å². The van der Waals surface area contributed by atoms with E-state index in [1.165, 1.54) is 31.2 Å². The maximum absolute atomic E-state index is 13.6. The van der Waals surface area contributed by atoms with Crippen molar-refractivity contribution in [3.8, 4) is 0 Å². The minimum absolute atomic E-state index is 0.00582. The average Bonchev–Trinajstić information content (AvgIpc) is 3.33. The molecular formula is C48H63N7O17. The fraction of sp³-hybridized carbons (Fsp3) is 0.458. The Labute approximate surface area is 414 Å². The Morgan fingerprint density at radius 1 is 0.514 bits per heavy atom. The van der Waals surface area contributed by atoms with Crippen LogP contribution >= 0.6 is 0 Å². The number of benzene rings is 3. The number of amides is 7. The zero-order chi connectivity index (χ0) is 52.8. The van der Waals surface area contributed by atoms with Crippen LogP contribution < -0.4 is 37.2 Å². The topological polar surface area (TPSA) is 364 Å². The summed E-state index contributed by atoms with van der Waals surface area (Å²) < 4.78 is 16.2. The minimum atomic E-state index is -1.58. The average molecular weight is 1010 g/mol. The van der Waals surface area contributed by atoms with Gasteiger partial charge in [-0.05, 0) is 59.7 Å². The number of carbonyl (C=O) groups excluding carboxylic acids is 6. The van der Waals surface area contributed by atoms with Crippen molar-refractivity contribution >= 4 is 70.2 Å². The van der Waals surface area contributed by atoms with E-state index < -0.39 is 97.1 Å². The van der Waals surface area contributed by atoms with Gasteiger partial charge < -0.3 is 71.9 Å². The summed E-state index contributed by atoms with van der Waals surface area (Å²) in [6.45, 7) is 2.49. The zero-order valence-electron chi connectivity index (χ0n) is 39.8. The van der Waals surface area contributed by atoms with Gasteiger partial charge in [0, 0.05) is 45.7 Å². The number of rotatable bonds is 35. The fourth-order valence-corrected chi connectivity index (χ4v) is 6.80. The Bertz CT molecular complexity index is 2310. The second-order valence-corrected chi connectivity index (χ2v) is 16.2. The Kier molecular flexibility index (Phi) is 26.2. The number of aliphatic carboxylic acids is 3. The summed E-state index contributed by atoms with van der Waals surface area (Å²) in [5, 5.41) is 56.3. The number of carboxylic acid groups (broad SMARTS) is 4. The number of ether oxygens (including phenoxy) is 3. The summed E-state index contributed by atoms with van der Waals surface area (Å²) in [6.07, 6.45) is -0.917. The molecule has 24 nitrogen and oxygen atoms in total. The molecule has 0 radical (unpaired) electrons. The van der Waals surface area contributed by atoms with Crippen LogP contribution in [0.3, 0.4) is 0 Å². The van der Waals surface area contributed by atoms with Gasteiger partial charge in [-0.3, -0.25) is 28.8 Å². The molecule has 0 aliphatic rings. The second-order valence-electron chi connectivity index (χ2n) is 16.2. The molecule has 0 saturated heterocycles. The monoisotopic (exact) mass is 1010 g/mol. The zero-order valence-corrected chi connectivity index (χ0v) is 39.8. The molecule has 0 heterocycles. The Morgan fingerprint density at radius 2 is 1.07 bits per heavy atom. The first kappa shape index (κ1) is 58.6. The van der Waals surface area contributed by atoms with E-state index in [1.807, 2.05) is 36.4 Å². The first-order chi connectivity index (χ1) is 34.4. The van der Waals surface area contributed by atoms with Crippen LogP contribution in [-0.4, -0.2) is 163 Å². The number of carboxylic acids is 4. The van der Waals surface area contributed by atoms with Gasteiger partial charge in [-0.1, -0.05) is 54.6 Å². The van der Waals surface area contributed by atoms with Crippen molar-refractivity contribution in [2.45, 2.75) is 82.5 Å². The first-order valence-electron chi connectivity index (χ1n) is 23.1. The van der Waals surface area contributed by atoms with Gasteiger partial charge in [-0.15, -0.1) is 0 Å². The van der Waals surface area contributed by atoms with E-state index >= 15 is 0 Å². The molecule has 11 N–H and O–H groups in total. The number of carbonyl (C=O) groups is 10. The van der Waals surface area contributed by atoms with Crippen LogP contribution in [0.25, 0.3) is 10.8 Å². The van der Waals surface area contributed by atoms with Crippen LogP contribution in [0.4, 0.5) is 4.79 Å². The number of fused-ring (bicyclic) bond motifs is 1. The number of urea groups is 1. The molecule has 0 spiro atoms. The first-order valence-corrected chi connectivity index (χ1v) is 23.1. The van der Waals surface area contributed by atoms with Crippen molar-refractivity contribution < 1.29 is 82.6 Å². The lowest BCUT2D eigenvalue weighted by Crippen LogP contribution is -2.53. The number of nitrogens with one attached hydrogen (secondary N) is 7. The Hall–Kier alpha value is -7.70. The summed E-state index contributed by atoms with van der Waals surface area (Å²) in [6, 6.07) is 12.1. The molecule has 0 aliphatic heterocycles. The van der Waals surface area contributed by atoms with E-state index in [4.69, 9.17) is 19.3 Å². The van der Waals surface area contributed by atoms with Crippen molar-refractivity contribution in [1.29, 1.82) is 0 Å². The van der Waals surface area contributed by atoms with Crippen LogP contribution in [0.2, 0.25) is 0 Å². The minimum Gasteiger partial charge on any atom is -0.481 e. The van der Waals surface area contributed by atoms with Gasteiger partial charge in [-0.2, -0.15) is 0 Å². The molecule has 0 fully saturated rings. The van der Waals surface area contributed by atoms with Crippen molar-refractivity contribution in [3.05, 3.63) is 83.4 Å². The van der Waals surface area contributed by atoms with Gasteiger partial charge in [0.1, 0.15) is 24.2 Å². The molecular weight excluding hydrogens is 947 g/mol. The van der Waals surface area contributed by atoms with Crippen molar-refractivity contribution in [2.75, 3.05) is 59.3 Å². The number of hydrogen-bond donors (Lipinski definition) is 11. The predicted molar refractivity (Wildman–Crippen MR) is 256 cm³/mol. The van der Waals surface area contributed by atoms with Gasteiger partial charge in [-0.25, -0.2) is 19.2 Å². The summed E-state index contributed by atoms with van der Waals surface area (Å²) >= 11 is 0. The molecule has 72 heavy (non-hydrogen) atoms. The lowest BCUT2D eigenvalue weighted by atomic mass is 10.0. The molecule has 4 atom stereocenters. The third-order valence-electron chi connectivity index (χ3n) is 10.5. The third-order valence-corrected chi connectivity index (χ3v) is 10.5. The Morgan fingerprint density at radius 3 is 1.68 bits per heavy atom. The maximum atomic E-state index is 13.6. The second kappa shape index (κ2) is 32.2. The highest BCUT2D eigenvalue weighted by molar-refractivity contribution is 5.93. The normalized spacial score (nSPS) is 12.5.